The quantitative estimate of drug-likeness (QED) is 0.163. The summed E-state index contributed by atoms with van der Waals surface area (Å²) in [5.74, 6) is 0. The summed E-state index contributed by atoms with van der Waals surface area (Å²) in [5.41, 5.74) is 27.2. The van der Waals surface area contributed by atoms with Gasteiger partial charge in [-0.2, -0.15) is 0 Å². The second-order valence-electron chi connectivity index (χ2n) is 30.3. The molecule has 0 N–H and O–H groups in total. The predicted octanol–water partition coefficient (Wildman–Crippen LogP) is 18.5. The van der Waals surface area contributed by atoms with Crippen molar-refractivity contribution in [2.24, 2.45) is 0 Å². The molecule has 3 aliphatic heterocycles. The molecule has 1 saturated carbocycles. The normalized spacial score (nSPS) is 22.9. The summed E-state index contributed by atoms with van der Waals surface area (Å²) in [4.78, 5) is 8.36. The topological polar surface area (TPSA) is 9.72 Å². The van der Waals surface area contributed by atoms with Gasteiger partial charge in [0, 0.05) is 50.8 Å². The molecule has 3 nitrogen and oxygen atoms in total. The lowest BCUT2D eigenvalue weighted by Crippen LogP contribution is -2.62. The zero-order valence-corrected chi connectivity index (χ0v) is 50.3. The van der Waals surface area contributed by atoms with E-state index in [0.717, 1.165) is 6.42 Å². The molecule has 2 unspecified atom stereocenters. The number of nitrogens with zero attached hydrogens (tertiary/aromatic N) is 3. The highest BCUT2D eigenvalue weighted by atomic mass is 15.3. The van der Waals surface area contributed by atoms with Gasteiger partial charge in [0.1, 0.15) is 0 Å². The lowest BCUT2D eigenvalue weighted by molar-refractivity contribution is 0.195. The molecular weight excluding hydrogens is 942 g/mol. The molecule has 7 aromatic carbocycles. The molecule has 1 fully saturated rings. The number of anilines is 8. The molecule has 3 aliphatic carbocycles. The molecule has 78 heavy (non-hydrogen) atoms. The summed E-state index contributed by atoms with van der Waals surface area (Å²) < 4.78 is 0. The van der Waals surface area contributed by atoms with Crippen molar-refractivity contribution in [1.29, 1.82) is 0 Å². The Kier molecular flexibility index (Phi) is 11.1. The van der Waals surface area contributed by atoms with E-state index in [2.05, 4.69) is 259 Å². The summed E-state index contributed by atoms with van der Waals surface area (Å²) in [7, 11) is 0. The van der Waals surface area contributed by atoms with Crippen LogP contribution in [0.5, 0.6) is 0 Å². The van der Waals surface area contributed by atoms with Crippen molar-refractivity contribution in [3.63, 3.8) is 0 Å². The molecular formula is C74H86BN3. The third-order valence-electron chi connectivity index (χ3n) is 21.4. The van der Waals surface area contributed by atoms with Gasteiger partial charge in [-0.1, -0.05) is 196 Å². The molecule has 13 rings (SSSR count). The van der Waals surface area contributed by atoms with Crippen LogP contribution in [0.1, 0.15) is 201 Å². The second kappa shape index (κ2) is 16.8. The third kappa shape index (κ3) is 7.42. The van der Waals surface area contributed by atoms with E-state index in [1.807, 2.05) is 0 Å². The van der Waals surface area contributed by atoms with Gasteiger partial charge in [-0.3, -0.25) is 0 Å². The minimum Gasteiger partial charge on any atom is -0.334 e. The number of hydrogen-bond donors (Lipinski definition) is 0. The van der Waals surface area contributed by atoms with Crippen LogP contribution in [0.15, 0.2) is 133 Å². The second-order valence-corrected chi connectivity index (χ2v) is 30.3. The number of fused-ring (bicyclic) bond motifs is 9. The van der Waals surface area contributed by atoms with E-state index in [1.54, 1.807) is 0 Å². The first-order chi connectivity index (χ1) is 36.6. The maximum Gasteiger partial charge on any atom is 0.252 e. The van der Waals surface area contributed by atoms with Gasteiger partial charge in [0.15, 0.2) is 0 Å². The van der Waals surface area contributed by atoms with Crippen molar-refractivity contribution in [3.05, 3.63) is 172 Å². The average Bonchev–Trinajstić information content (AvgIpc) is 2.50. The first-order valence-corrected chi connectivity index (χ1v) is 30.0. The van der Waals surface area contributed by atoms with E-state index in [4.69, 9.17) is 0 Å². The standard InChI is InChI=1S/C74H86BN3/c1-67(2,3)48-28-32-60(52(40-48)47-24-18-17-19-25-47)77-62-33-29-49(68(4,5)6)41-58(62)75-59-45-56-57(72(13,14)39-38-71(56,11)12)46-63(59)76(50-30-31-53-55(42-50)70(9,10)37-36-69(53,7)8)64-43-51(44-65(77)66(64)75)78-61-27-21-20-26-54(61)73(15)34-22-23-35-74(73,78)16/h17-21,24-33,40-46H,22-23,34-39H2,1-16H3. The number of rotatable bonds is 4. The van der Waals surface area contributed by atoms with Gasteiger partial charge in [0.2, 0.25) is 0 Å². The minimum atomic E-state index is -0.134. The molecule has 400 valence electrons. The smallest absolute Gasteiger partial charge is 0.252 e. The van der Waals surface area contributed by atoms with Crippen molar-refractivity contribution in [1.82, 2.24) is 0 Å². The van der Waals surface area contributed by atoms with Crippen LogP contribution in [0.4, 0.5) is 45.5 Å². The van der Waals surface area contributed by atoms with Crippen LogP contribution < -0.4 is 31.1 Å². The minimum absolute atomic E-state index is 0.00294. The van der Waals surface area contributed by atoms with E-state index in [1.165, 1.54) is 157 Å². The highest BCUT2D eigenvalue weighted by molar-refractivity contribution is 7.00. The van der Waals surface area contributed by atoms with Crippen LogP contribution in [0.2, 0.25) is 0 Å². The Balaban J connectivity index is 1.21. The lowest BCUT2D eigenvalue weighted by Gasteiger charge is -2.51. The molecule has 4 heteroatoms. The molecule has 2 atom stereocenters. The highest BCUT2D eigenvalue weighted by Gasteiger charge is 2.58. The van der Waals surface area contributed by atoms with Crippen molar-refractivity contribution >= 4 is 68.6 Å². The monoisotopic (exact) mass is 1030 g/mol. The maximum atomic E-state index is 2.84. The Morgan fingerprint density at radius 3 is 1.58 bits per heavy atom. The van der Waals surface area contributed by atoms with Gasteiger partial charge in [-0.05, 0) is 193 Å². The average molecular weight is 1030 g/mol. The largest absolute Gasteiger partial charge is 0.334 e. The molecule has 0 aromatic heterocycles. The van der Waals surface area contributed by atoms with Gasteiger partial charge in [-0.15, -0.1) is 0 Å². The van der Waals surface area contributed by atoms with Crippen molar-refractivity contribution in [2.75, 3.05) is 14.7 Å². The van der Waals surface area contributed by atoms with Crippen LogP contribution >= 0.6 is 0 Å². The van der Waals surface area contributed by atoms with E-state index in [0.29, 0.717) is 0 Å². The number of para-hydroxylation sites is 1. The van der Waals surface area contributed by atoms with Gasteiger partial charge >= 0.3 is 0 Å². The first-order valence-electron chi connectivity index (χ1n) is 30.0. The summed E-state index contributed by atoms with van der Waals surface area (Å²) in [6, 6.07) is 54.2. The fourth-order valence-corrected chi connectivity index (χ4v) is 16.0. The maximum absolute atomic E-state index is 2.84. The molecule has 6 aliphatic rings. The predicted molar refractivity (Wildman–Crippen MR) is 337 cm³/mol. The molecule has 3 heterocycles. The fourth-order valence-electron chi connectivity index (χ4n) is 16.0. The molecule has 0 spiro atoms. The van der Waals surface area contributed by atoms with E-state index in [-0.39, 0.29) is 50.2 Å². The molecule has 0 radical (unpaired) electrons. The SMILES string of the molecule is CC(C)(C)c1ccc2c(c1)B1c3cc4c(cc3N(c3ccc5c(c3)C(C)(C)CCC5(C)C)c3cc(N5c6ccccc6C6(C)CCCCC56C)cc(c31)N2c1ccc(C(C)(C)C)cc1-c1ccccc1)C(C)(C)CCC4(C)C. The van der Waals surface area contributed by atoms with Crippen molar-refractivity contribution < 1.29 is 0 Å². The van der Waals surface area contributed by atoms with Crippen LogP contribution in [-0.2, 0) is 37.9 Å². The van der Waals surface area contributed by atoms with Crippen molar-refractivity contribution in [3.8, 4) is 11.1 Å². The fraction of sp³-hybridized carbons (Fsp3) is 0.432. The zero-order valence-electron chi connectivity index (χ0n) is 50.3. The van der Waals surface area contributed by atoms with Crippen molar-refractivity contribution in [2.45, 2.75) is 206 Å². The molecule has 0 amide bonds. The van der Waals surface area contributed by atoms with Gasteiger partial charge in [0.25, 0.3) is 6.71 Å². The summed E-state index contributed by atoms with van der Waals surface area (Å²) >= 11 is 0. The number of benzene rings is 7. The Bertz CT molecular complexity index is 3620. The van der Waals surface area contributed by atoms with Crippen LogP contribution in [-0.4, -0.2) is 12.3 Å². The Morgan fingerprint density at radius 1 is 0.385 bits per heavy atom. The Labute approximate surface area is 470 Å². The Hall–Kier alpha value is -6.00. The molecule has 0 saturated heterocycles. The van der Waals surface area contributed by atoms with Gasteiger partial charge in [-0.25, -0.2) is 0 Å². The van der Waals surface area contributed by atoms with Crippen LogP contribution in [0, 0.1) is 0 Å². The van der Waals surface area contributed by atoms with E-state index in [9.17, 15) is 0 Å². The van der Waals surface area contributed by atoms with Crippen LogP contribution in [0.25, 0.3) is 11.1 Å². The Morgan fingerprint density at radius 2 is 0.923 bits per heavy atom. The lowest BCUT2D eigenvalue weighted by atomic mass is 9.33. The van der Waals surface area contributed by atoms with Gasteiger partial charge < -0.3 is 14.7 Å². The van der Waals surface area contributed by atoms with Crippen LogP contribution in [0.3, 0.4) is 0 Å². The van der Waals surface area contributed by atoms with E-state index >= 15 is 0 Å². The molecule has 0 bridgehead atoms. The highest BCUT2D eigenvalue weighted by Crippen LogP contribution is 2.62. The van der Waals surface area contributed by atoms with Gasteiger partial charge in [0.05, 0.1) is 11.2 Å². The van der Waals surface area contributed by atoms with E-state index < -0.39 is 0 Å². The first kappa shape index (κ1) is 51.4. The summed E-state index contributed by atoms with van der Waals surface area (Å²) in [5, 5.41) is 0. The number of hydrogen-bond acceptors (Lipinski definition) is 3. The molecule has 7 aromatic rings. The third-order valence-corrected chi connectivity index (χ3v) is 21.4. The summed E-state index contributed by atoms with van der Waals surface area (Å²) in [6.07, 6.45) is 9.50. The zero-order chi connectivity index (χ0) is 55.1. The summed E-state index contributed by atoms with van der Waals surface area (Å²) in [6.45, 7) is 39.4.